The van der Waals surface area contributed by atoms with Gasteiger partial charge in [-0.05, 0) is 48.8 Å². The van der Waals surface area contributed by atoms with Gasteiger partial charge >= 0.3 is 5.97 Å². The largest absolute Gasteiger partial charge is 0.373 e. The molecule has 1 unspecified atom stereocenters. The molecule has 2 rings (SSSR count). The summed E-state index contributed by atoms with van der Waals surface area (Å²) in [4.78, 5) is 22.8. The van der Waals surface area contributed by atoms with Crippen molar-refractivity contribution in [3.63, 3.8) is 0 Å². The molecule has 0 aliphatic heterocycles. The first-order valence-electron chi connectivity index (χ1n) is 9.25. The zero-order chi connectivity index (χ0) is 17.6. The maximum Gasteiger partial charge on any atom is 0.373 e. The summed E-state index contributed by atoms with van der Waals surface area (Å²) in [6, 6.07) is 7.64. The Bertz CT molecular complexity index is 513. The Hall–Kier alpha value is -1.35. The minimum Gasteiger partial charge on any atom is -0.292 e. The predicted octanol–water partition coefficient (Wildman–Crippen LogP) is 5.89. The molecule has 0 amide bonds. The molecule has 1 aromatic carbocycles. The SMILES string of the molecule is CCCCc1ccc(C(=O)OO[C]2CCCCC2C(C)(C)C)cc1. The van der Waals surface area contributed by atoms with Crippen molar-refractivity contribution in [3.8, 4) is 0 Å². The zero-order valence-corrected chi connectivity index (χ0v) is 15.6. The topological polar surface area (TPSA) is 35.5 Å². The van der Waals surface area contributed by atoms with Crippen molar-refractivity contribution in [1.82, 2.24) is 0 Å². The first kappa shape index (κ1) is 19.0. The molecule has 0 N–H and O–H groups in total. The smallest absolute Gasteiger partial charge is 0.292 e. The second-order valence-electron chi connectivity index (χ2n) is 7.89. The fourth-order valence-corrected chi connectivity index (χ4v) is 3.33. The van der Waals surface area contributed by atoms with Crippen LogP contribution in [0.2, 0.25) is 0 Å². The number of benzene rings is 1. The fourth-order valence-electron chi connectivity index (χ4n) is 3.33. The van der Waals surface area contributed by atoms with E-state index in [1.165, 1.54) is 24.8 Å². The highest BCUT2D eigenvalue weighted by Crippen LogP contribution is 2.43. The molecule has 1 atom stereocenters. The lowest BCUT2D eigenvalue weighted by atomic mass is 9.71. The monoisotopic (exact) mass is 331 g/mol. The molecule has 24 heavy (non-hydrogen) atoms. The molecule has 1 radical (unpaired) electrons. The number of aryl methyl sites for hydroxylation is 1. The van der Waals surface area contributed by atoms with Gasteiger partial charge in [-0.1, -0.05) is 59.1 Å². The normalized spacial score (nSPS) is 19.2. The highest BCUT2D eigenvalue weighted by molar-refractivity contribution is 5.88. The van der Waals surface area contributed by atoms with Crippen molar-refractivity contribution in [3.05, 3.63) is 41.5 Å². The van der Waals surface area contributed by atoms with Crippen molar-refractivity contribution in [2.24, 2.45) is 11.3 Å². The van der Waals surface area contributed by atoms with E-state index in [-0.39, 0.29) is 5.41 Å². The summed E-state index contributed by atoms with van der Waals surface area (Å²) in [5, 5.41) is 0. The minimum atomic E-state index is -0.414. The van der Waals surface area contributed by atoms with Crippen LogP contribution in [-0.2, 0) is 16.2 Å². The van der Waals surface area contributed by atoms with Gasteiger partial charge in [-0.3, -0.25) is 4.89 Å². The number of carbonyl (C=O) groups excluding carboxylic acids is 1. The number of unbranched alkanes of at least 4 members (excludes halogenated alkanes) is 1. The summed E-state index contributed by atoms with van der Waals surface area (Å²) in [7, 11) is 0. The van der Waals surface area contributed by atoms with E-state index < -0.39 is 5.97 Å². The quantitative estimate of drug-likeness (QED) is 0.482. The van der Waals surface area contributed by atoms with E-state index in [1.54, 1.807) is 0 Å². The number of hydrogen-bond donors (Lipinski definition) is 0. The second-order valence-corrected chi connectivity index (χ2v) is 7.89. The van der Waals surface area contributed by atoms with Crippen molar-refractivity contribution >= 4 is 5.97 Å². The van der Waals surface area contributed by atoms with Crippen molar-refractivity contribution in [1.29, 1.82) is 0 Å². The second kappa shape index (κ2) is 8.66. The molecule has 1 aliphatic rings. The first-order valence-corrected chi connectivity index (χ1v) is 9.25. The molecule has 0 bridgehead atoms. The molecule has 133 valence electrons. The molecule has 0 aromatic heterocycles. The van der Waals surface area contributed by atoms with Crippen LogP contribution in [-0.4, -0.2) is 5.97 Å². The molecule has 0 saturated heterocycles. The third-order valence-corrected chi connectivity index (χ3v) is 4.83. The fraction of sp³-hybridized carbons (Fsp3) is 0.619. The third kappa shape index (κ3) is 5.34. The van der Waals surface area contributed by atoms with Gasteiger partial charge in [0.05, 0.1) is 5.56 Å². The van der Waals surface area contributed by atoms with Gasteiger partial charge in [-0.2, -0.15) is 4.89 Å². The van der Waals surface area contributed by atoms with E-state index in [0.717, 1.165) is 31.8 Å². The molecular formula is C21H31O3. The van der Waals surface area contributed by atoms with Gasteiger partial charge in [-0.25, -0.2) is 4.79 Å². The minimum absolute atomic E-state index is 0.128. The maximum atomic E-state index is 12.2. The molecular weight excluding hydrogens is 300 g/mol. The lowest BCUT2D eigenvalue weighted by Gasteiger charge is -2.37. The van der Waals surface area contributed by atoms with E-state index >= 15 is 0 Å². The van der Waals surface area contributed by atoms with Crippen LogP contribution in [0.3, 0.4) is 0 Å². The van der Waals surface area contributed by atoms with E-state index in [1.807, 2.05) is 24.3 Å². The van der Waals surface area contributed by atoms with E-state index in [2.05, 4.69) is 27.7 Å². The molecule has 3 heteroatoms. The van der Waals surface area contributed by atoms with E-state index in [4.69, 9.17) is 9.78 Å². The van der Waals surface area contributed by atoms with Crippen LogP contribution < -0.4 is 0 Å². The van der Waals surface area contributed by atoms with Crippen molar-refractivity contribution in [2.45, 2.75) is 72.6 Å². The van der Waals surface area contributed by atoms with Gasteiger partial charge < -0.3 is 0 Å². The summed E-state index contributed by atoms with van der Waals surface area (Å²) in [6.07, 6.45) is 8.60. The Morgan fingerprint density at radius 1 is 1.17 bits per heavy atom. The molecule has 1 saturated carbocycles. The van der Waals surface area contributed by atoms with Gasteiger partial charge in [-0.15, -0.1) is 0 Å². The van der Waals surface area contributed by atoms with Crippen molar-refractivity contribution < 1.29 is 14.6 Å². The summed E-state index contributed by atoms with van der Waals surface area (Å²) in [6.45, 7) is 8.81. The van der Waals surface area contributed by atoms with Crippen LogP contribution in [0.25, 0.3) is 0 Å². The zero-order valence-electron chi connectivity index (χ0n) is 15.6. The Kier molecular flexibility index (Phi) is 6.85. The van der Waals surface area contributed by atoms with Crippen LogP contribution in [0.15, 0.2) is 24.3 Å². The lowest BCUT2D eigenvalue weighted by Crippen LogP contribution is -2.31. The van der Waals surface area contributed by atoms with Crippen LogP contribution in [0.1, 0.15) is 82.1 Å². The Morgan fingerprint density at radius 2 is 1.88 bits per heavy atom. The first-order chi connectivity index (χ1) is 11.4. The van der Waals surface area contributed by atoms with Crippen LogP contribution in [0, 0.1) is 17.4 Å². The summed E-state index contributed by atoms with van der Waals surface area (Å²) in [5.41, 5.74) is 1.92. The average Bonchev–Trinajstić information content (AvgIpc) is 2.57. The highest BCUT2D eigenvalue weighted by atomic mass is 17.2. The summed E-state index contributed by atoms with van der Waals surface area (Å²) in [5.74, 6) is -0.0711. The molecule has 0 heterocycles. The standard InChI is InChI=1S/C21H31O3/c1-5-6-9-16-12-14-17(15-13-16)20(22)24-23-19-11-8-7-10-18(19)21(2,3)4/h12-15,18H,5-11H2,1-4H3. The van der Waals surface area contributed by atoms with Gasteiger partial charge in [0.25, 0.3) is 0 Å². The maximum absolute atomic E-state index is 12.2. The lowest BCUT2D eigenvalue weighted by molar-refractivity contribution is -0.252. The van der Waals surface area contributed by atoms with Gasteiger partial charge in [0.15, 0.2) is 6.10 Å². The summed E-state index contributed by atoms with van der Waals surface area (Å²) >= 11 is 0. The van der Waals surface area contributed by atoms with Crippen LogP contribution in [0.5, 0.6) is 0 Å². The highest BCUT2D eigenvalue weighted by Gasteiger charge is 2.37. The molecule has 1 aliphatic carbocycles. The molecule has 1 aromatic rings. The van der Waals surface area contributed by atoms with Gasteiger partial charge in [0.1, 0.15) is 0 Å². The van der Waals surface area contributed by atoms with E-state index in [0.29, 0.717) is 11.5 Å². The van der Waals surface area contributed by atoms with Crippen LogP contribution in [0.4, 0.5) is 0 Å². The van der Waals surface area contributed by atoms with E-state index in [9.17, 15) is 4.79 Å². The number of carbonyl (C=O) groups is 1. The number of rotatable bonds is 6. The van der Waals surface area contributed by atoms with Crippen LogP contribution >= 0.6 is 0 Å². The summed E-state index contributed by atoms with van der Waals surface area (Å²) < 4.78 is 0. The predicted molar refractivity (Wildman–Crippen MR) is 96.2 cm³/mol. The van der Waals surface area contributed by atoms with Gasteiger partial charge in [0.2, 0.25) is 0 Å². The number of hydrogen-bond acceptors (Lipinski definition) is 3. The molecule has 3 nitrogen and oxygen atoms in total. The average molecular weight is 331 g/mol. The van der Waals surface area contributed by atoms with Crippen molar-refractivity contribution in [2.75, 3.05) is 0 Å². The Morgan fingerprint density at radius 3 is 2.50 bits per heavy atom. The molecule has 1 fully saturated rings. The Balaban J connectivity index is 1.89. The van der Waals surface area contributed by atoms with Gasteiger partial charge in [0, 0.05) is 5.92 Å². The Labute approximate surface area is 146 Å². The third-order valence-electron chi connectivity index (χ3n) is 4.83. The molecule has 0 spiro atoms.